The molecule has 0 bridgehead atoms. The van der Waals surface area contributed by atoms with Gasteiger partial charge in [-0.05, 0) is 46.8 Å². The number of nitrogens with one attached hydrogen (secondary N) is 2. The monoisotopic (exact) mass is 356 g/mol. The van der Waals surface area contributed by atoms with Crippen molar-refractivity contribution in [2.24, 2.45) is 0 Å². The molecule has 2 aromatic carbocycles. The van der Waals surface area contributed by atoms with Crippen LogP contribution in [0.1, 0.15) is 37.5 Å². The van der Waals surface area contributed by atoms with Crippen LogP contribution in [-0.2, 0) is 18.4 Å². The van der Waals surface area contributed by atoms with Gasteiger partial charge in [0.25, 0.3) is 0 Å². The van der Waals surface area contributed by atoms with E-state index in [2.05, 4.69) is 61.7 Å². The molecule has 134 valence electrons. The fraction of sp³-hybridized carbons (Fsp3) is 0.381. The fourth-order valence-electron chi connectivity index (χ4n) is 2.59. The zero-order valence-corrected chi connectivity index (χ0v) is 16.4. The Morgan fingerprint density at radius 2 is 1.68 bits per heavy atom. The lowest BCUT2D eigenvalue weighted by molar-refractivity contribution is 0.409. The van der Waals surface area contributed by atoms with Gasteiger partial charge in [-0.25, -0.2) is 0 Å². The summed E-state index contributed by atoms with van der Waals surface area (Å²) in [6, 6.07) is 16.8. The lowest BCUT2D eigenvalue weighted by Crippen LogP contribution is -2.35. The topological polar surface area (TPSA) is 33.3 Å². The molecule has 0 spiro atoms. The predicted octanol–water partition coefficient (Wildman–Crippen LogP) is 4.20. The summed E-state index contributed by atoms with van der Waals surface area (Å²) in [5.41, 5.74) is 3.93. The van der Waals surface area contributed by atoms with Crippen LogP contribution in [0.2, 0.25) is 0 Å². The average Bonchev–Trinajstić information content (AvgIpc) is 2.60. The molecule has 2 N–H and O–H groups in total. The maximum absolute atomic E-state index is 5.37. The summed E-state index contributed by atoms with van der Waals surface area (Å²) in [4.78, 5) is 0. The Morgan fingerprint density at radius 3 is 2.32 bits per heavy atom. The first-order valence-electron chi connectivity index (χ1n) is 8.63. The van der Waals surface area contributed by atoms with Gasteiger partial charge in [0.05, 0.1) is 7.11 Å². The summed E-state index contributed by atoms with van der Waals surface area (Å²) < 4.78 is 5.37. The second-order valence-electron chi connectivity index (χ2n) is 7.12. The van der Waals surface area contributed by atoms with Gasteiger partial charge in [0.1, 0.15) is 5.75 Å². The normalized spacial score (nSPS) is 11.0. The maximum Gasteiger partial charge on any atom is 0.166 e. The molecule has 0 aliphatic carbocycles. The van der Waals surface area contributed by atoms with E-state index in [9.17, 15) is 0 Å². The van der Waals surface area contributed by atoms with Gasteiger partial charge in [-0.15, -0.1) is 0 Å². The quantitative estimate of drug-likeness (QED) is 0.760. The molecular weight excluding hydrogens is 328 g/mol. The minimum atomic E-state index is 0.182. The number of para-hydroxylation sites is 1. The number of benzene rings is 2. The van der Waals surface area contributed by atoms with E-state index < -0.39 is 0 Å². The number of thiocarbonyl (C=S) groups is 1. The van der Waals surface area contributed by atoms with E-state index in [1.165, 1.54) is 16.7 Å². The third-order valence-corrected chi connectivity index (χ3v) is 4.43. The third-order valence-electron chi connectivity index (χ3n) is 4.15. The Labute approximate surface area is 156 Å². The van der Waals surface area contributed by atoms with E-state index in [1.807, 2.05) is 18.2 Å². The van der Waals surface area contributed by atoms with Crippen LogP contribution in [0.15, 0.2) is 48.5 Å². The highest BCUT2D eigenvalue weighted by molar-refractivity contribution is 7.80. The summed E-state index contributed by atoms with van der Waals surface area (Å²) in [5.74, 6) is 0.919. The first kappa shape index (κ1) is 19.3. The SMILES string of the molecule is COc1ccccc1CCNC(=S)NCc1ccc(C(C)(C)C)cc1. The molecule has 0 aromatic heterocycles. The highest BCUT2D eigenvalue weighted by atomic mass is 32.1. The predicted molar refractivity (Wildman–Crippen MR) is 109 cm³/mol. The average molecular weight is 357 g/mol. The maximum atomic E-state index is 5.37. The second-order valence-corrected chi connectivity index (χ2v) is 7.53. The van der Waals surface area contributed by atoms with Crippen LogP contribution in [0.25, 0.3) is 0 Å². The smallest absolute Gasteiger partial charge is 0.166 e. The van der Waals surface area contributed by atoms with E-state index >= 15 is 0 Å². The molecule has 0 radical (unpaired) electrons. The Bertz CT molecular complexity index is 690. The summed E-state index contributed by atoms with van der Waals surface area (Å²) in [6.45, 7) is 8.17. The fourth-order valence-corrected chi connectivity index (χ4v) is 2.76. The number of hydrogen-bond acceptors (Lipinski definition) is 2. The molecule has 25 heavy (non-hydrogen) atoms. The van der Waals surface area contributed by atoms with Crippen molar-refractivity contribution in [1.82, 2.24) is 10.6 Å². The Hall–Kier alpha value is -2.07. The van der Waals surface area contributed by atoms with Crippen LogP contribution >= 0.6 is 12.2 Å². The highest BCUT2D eigenvalue weighted by Crippen LogP contribution is 2.22. The van der Waals surface area contributed by atoms with Crippen LogP contribution in [-0.4, -0.2) is 18.8 Å². The molecule has 3 nitrogen and oxygen atoms in total. The van der Waals surface area contributed by atoms with Crippen molar-refractivity contribution in [3.8, 4) is 5.75 Å². The van der Waals surface area contributed by atoms with Crippen molar-refractivity contribution in [3.63, 3.8) is 0 Å². The summed E-state index contributed by atoms with van der Waals surface area (Å²) in [5, 5.41) is 7.19. The van der Waals surface area contributed by atoms with Crippen molar-refractivity contribution in [1.29, 1.82) is 0 Å². The van der Waals surface area contributed by atoms with Gasteiger partial charge in [-0.3, -0.25) is 0 Å². The van der Waals surface area contributed by atoms with Crippen LogP contribution in [0.3, 0.4) is 0 Å². The largest absolute Gasteiger partial charge is 0.496 e. The zero-order chi connectivity index (χ0) is 18.3. The number of methoxy groups -OCH3 is 1. The van der Waals surface area contributed by atoms with Gasteiger partial charge in [-0.2, -0.15) is 0 Å². The van der Waals surface area contributed by atoms with Crippen molar-refractivity contribution >= 4 is 17.3 Å². The van der Waals surface area contributed by atoms with Gasteiger partial charge in [0, 0.05) is 13.1 Å². The lowest BCUT2D eigenvalue weighted by atomic mass is 9.87. The molecule has 0 unspecified atom stereocenters. The minimum Gasteiger partial charge on any atom is -0.496 e. The molecule has 0 amide bonds. The third kappa shape index (κ3) is 6.05. The number of rotatable bonds is 6. The molecule has 0 fully saturated rings. The van der Waals surface area contributed by atoms with Crippen molar-refractivity contribution < 1.29 is 4.74 Å². The van der Waals surface area contributed by atoms with Gasteiger partial charge < -0.3 is 15.4 Å². The molecule has 0 atom stereocenters. The summed E-state index contributed by atoms with van der Waals surface area (Å²) in [7, 11) is 1.70. The number of ether oxygens (including phenoxy) is 1. The van der Waals surface area contributed by atoms with Gasteiger partial charge in [-0.1, -0.05) is 63.2 Å². The van der Waals surface area contributed by atoms with Crippen molar-refractivity contribution in [3.05, 3.63) is 65.2 Å². The van der Waals surface area contributed by atoms with Crippen molar-refractivity contribution in [2.75, 3.05) is 13.7 Å². The molecule has 2 rings (SSSR count). The molecule has 0 heterocycles. The van der Waals surface area contributed by atoms with Crippen molar-refractivity contribution in [2.45, 2.75) is 39.2 Å². The standard InChI is InChI=1S/C21H28N2OS/c1-21(2,3)18-11-9-16(10-12-18)15-23-20(25)22-14-13-17-7-5-6-8-19(17)24-4/h5-12H,13-15H2,1-4H3,(H2,22,23,25). The molecule has 0 aliphatic rings. The molecule has 0 saturated heterocycles. The van der Waals surface area contributed by atoms with E-state index in [0.717, 1.165) is 25.3 Å². The highest BCUT2D eigenvalue weighted by Gasteiger charge is 2.12. The first-order valence-corrected chi connectivity index (χ1v) is 9.04. The van der Waals surface area contributed by atoms with Gasteiger partial charge in [0.15, 0.2) is 5.11 Å². The van der Waals surface area contributed by atoms with Crippen LogP contribution in [0.5, 0.6) is 5.75 Å². The van der Waals surface area contributed by atoms with Gasteiger partial charge >= 0.3 is 0 Å². The van der Waals surface area contributed by atoms with E-state index in [1.54, 1.807) is 7.11 Å². The number of hydrogen-bond donors (Lipinski definition) is 2. The zero-order valence-electron chi connectivity index (χ0n) is 15.6. The van der Waals surface area contributed by atoms with Crippen LogP contribution in [0.4, 0.5) is 0 Å². The van der Waals surface area contributed by atoms with E-state index in [-0.39, 0.29) is 5.41 Å². The Balaban J connectivity index is 1.75. The Kier molecular flexibility index (Phi) is 6.82. The summed E-state index contributed by atoms with van der Waals surface area (Å²) >= 11 is 5.36. The molecule has 0 saturated carbocycles. The second kappa shape index (κ2) is 8.86. The molecular formula is C21H28N2OS. The lowest BCUT2D eigenvalue weighted by Gasteiger charge is -2.19. The first-order chi connectivity index (χ1) is 11.9. The van der Waals surface area contributed by atoms with Gasteiger partial charge in [0.2, 0.25) is 0 Å². The molecule has 4 heteroatoms. The van der Waals surface area contributed by atoms with E-state index in [4.69, 9.17) is 17.0 Å². The molecule has 2 aromatic rings. The molecule has 0 aliphatic heterocycles. The minimum absolute atomic E-state index is 0.182. The Morgan fingerprint density at radius 1 is 1.00 bits per heavy atom. The summed E-state index contributed by atoms with van der Waals surface area (Å²) in [6.07, 6.45) is 0.867. The van der Waals surface area contributed by atoms with Crippen LogP contribution < -0.4 is 15.4 Å². The van der Waals surface area contributed by atoms with E-state index in [0.29, 0.717) is 5.11 Å². The van der Waals surface area contributed by atoms with Crippen LogP contribution in [0, 0.1) is 0 Å².